The molecule has 0 aromatic heterocycles. The molecule has 8 heteroatoms. The zero-order valence-corrected chi connectivity index (χ0v) is 14.1. The molecule has 0 heterocycles. The zero-order valence-electron chi connectivity index (χ0n) is 11.8. The lowest BCUT2D eigenvalue weighted by Crippen LogP contribution is -2.29. The van der Waals surface area contributed by atoms with Crippen molar-refractivity contribution in [3.8, 4) is 0 Å². The molecular weight excluding hydrogens is 335 g/mol. The lowest BCUT2D eigenvalue weighted by molar-refractivity contribution is 0.0946. The van der Waals surface area contributed by atoms with Gasteiger partial charge in [-0.1, -0.05) is 49.9 Å². The Kier molecular flexibility index (Phi) is 6.46. The molecule has 0 bridgehead atoms. The van der Waals surface area contributed by atoms with E-state index < -0.39 is 15.9 Å². The highest BCUT2D eigenvalue weighted by atomic mass is 35.5. The largest absolute Gasteiger partial charge is 0.352 e. The number of carbonyl (C=O) groups excluding carboxylic acids is 1. The van der Waals surface area contributed by atoms with Crippen LogP contribution in [-0.2, 0) is 10.0 Å². The van der Waals surface area contributed by atoms with Gasteiger partial charge in [0, 0.05) is 6.54 Å². The monoisotopic (exact) mass is 352 g/mol. The normalized spacial score (nSPS) is 11.7. The van der Waals surface area contributed by atoms with E-state index in [4.69, 9.17) is 28.3 Å². The van der Waals surface area contributed by atoms with Crippen molar-refractivity contribution in [3.63, 3.8) is 0 Å². The summed E-state index contributed by atoms with van der Waals surface area (Å²) in [6, 6.07) is 2.25. The second kappa shape index (κ2) is 7.45. The number of nitrogens with one attached hydrogen (secondary N) is 1. The van der Waals surface area contributed by atoms with Gasteiger partial charge in [-0.05, 0) is 18.1 Å². The molecule has 0 aliphatic heterocycles. The summed E-state index contributed by atoms with van der Waals surface area (Å²) >= 11 is 11.8. The highest BCUT2D eigenvalue weighted by Crippen LogP contribution is 2.29. The molecule has 0 unspecified atom stereocenters. The lowest BCUT2D eigenvalue weighted by Gasteiger charge is -2.14. The third-order valence-electron chi connectivity index (χ3n) is 3.28. The van der Waals surface area contributed by atoms with Crippen LogP contribution in [0.3, 0.4) is 0 Å². The van der Waals surface area contributed by atoms with Crippen LogP contribution < -0.4 is 10.5 Å². The predicted octanol–water partition coefficient (Wildman–Crippen LogP) is 2.81. The van der Waals surface area contributed by atoms with Gasteiger partial charge in [-0.15, -0.1) is 0 Å². The summed E-state index contributed by atoms with van der Waals surface area (Å²) in [5.74, 6) is -0.121. The highest BCUT2D eigenvalue weighted by molar-refractivity contribution is 7.89. The maximum atomic E-state index is 12.1. The zero-order chi connectivity index (χ0) is 16.2. The van der Waals surface area contributed by atoms with E-state index in [1.807, 2.05) is 13.8 Å². The van der Waals surface area contributed by atoms with E-state index in [1.54, 1.807) is 0 Å². The SMILES string of the molecule is CCC(CC)CNC(=O)c1cc(S(N)(=O)=O)cc(Cl)c1Cl. The molecule has 0 atom stereocenters. The topological polar surface area (TPSA) is 89.3 Å². The Labute approximate surface area is 134 Å². The molecular formula is C13H18Cl2N2O3S. The summed E-state index contributed by atoms with van der Waals surface area (Å²) in [5.41, 5.74) is -0.000789. The van der Waals surface area contributed by atoms with E-state index in [9.17, 15) is 13.2 Å². The number of rotatable bonds is 6. The van der Waals surface area contributed by atoms with Gasteiger partial charge in [-0.3, -0.25) is 4.79 Å². The summed E-state index contributed by atoms with van der Waals surface area (Å²) in [6.45, 7) is 4.55. The van der Waals surface area contributed by atoms with Crippen molar-refractivity contribution in [3.05, 3.63) is 27.7 Å². The summed E-state index contributed by atoms with van der Waals surface area (Å²) in [7, 11) is -3.96. The number of benzene rings is 1. The van der Waals surface area contributed by atoms with E-state index in [0.29, 0.717) is 12.5 Å². The van der Waals surface area contributed by atoms with Gasteiger partial charge in [-0.2, -0.15) is 0 Å². The number of carbonyl (C=O) groups is 1. The molecule has 0 saturated carbocycles. The van der Waals surface area contributed by atoms with E-state index >= 15 is 0 Å². The first-order chi connectivity index (χ1) is 9.70. The van der Waals surface area contributed by atoms with Crippen LogP contribution in [0.2, 0.25) is 10.0 Å². The Bertz CT molecular complexity index is 629. The van der Waals surface area contributed by atoms with Gasteiger partial charge in [0.2, 0.25) is 10.0 Å². The van der Waals surface area contributed by atoms with Gasteiger partial charge in [0.25, 0.3) is 5.91 Å². The Morgan fingerprint density at radius 1 is 1.29 bits per heavy atom. The Balaban J connectivity index is 3.06. The molecule has 0 aliphatic carbocycles. The maximum Gasteiger partial charge on any atom is 0.252 e. The van der Waals surface area contributed by atoms with Crippen molar-refractivity contribution in [2.24, 2.45) is 11.1 Å². The molecule has 0 radical (unpaired) electrons. The Hall–Kier alpha value is -0.820. The van der Waals surface area contributed by atoms with E-state index in [2.05, 4.69) is 5.32 Å². The smallest absolute Gasteiger partial charge is 0.252 e. The van der Waals surface area contributed by atoms with Crippen LogP contribution in [-0.4, -0.2) is 20.9 Å². The summed E-state index contributed by atoms with van der Waals surface area (Å²) in [4.78, 5) is 11.9. The first kappa shape index (κ1) is 18.2. The van der Waals surface area contributed by atoms with Crippen molar-refractivity contribution >= 4 is 39.1 Å². The van der Waals surface area contributed by atoms with Crippen LogP contribution in [0.1, 0.15) is 37.0 Å². The summed E-state index contributed by atoms with van der Waals surface area (Å²) in [6.07, 6.45) is 1.87. The molecule has 1 aromatic rings. The minimum Gasteiger partial charge on any atom is -0.352 e. The van der Waals surface area contributed by atoms with Gasteiger partial charge in [0.1, 0.15) is 0 Å². The fourth-order valence-corrected chi connectivity index (χ4v) is 2.85. The van der Waals surface area contributed by atoms with Crippen LogP contribution >= 0.6 is 23.2 Å². The fraction of sp³-hybridized carbons (Fsp3) is 0.462. The number of hydrogen-bond donors (Lipinski definition) is 2. The van der Waals surface area contributed by atoms with Crippen molar-refractivity contribution in [1.29, 1.82) is 0 Å². The van der Waals surface area contributed by atoms with Gasteiger partial charge < -0.3 is 5.32 Å². The van der Waals surface area contributed by atoms with E-state index in [1.165, 1.54) is 0 Å². The van der Waals surface area contributed by atoms with E-state index in [0.717, 1.165) is 25.0 Å². The molecule has 3 N–H and O–H groups in total. The maximum absolute atomic E-state index is 12.1. The van der Waals surface area contributed by atoms with Crippen molar-refractivity contribution in [2.45, 2.75) is 31.6 Å². The molecule has 5 nitrogen and oxygen atoms in total. The summed E-state index contributed by atoms with van der Waals surface area (Å²) in [5, 5.41) is 7.75. The van der Waals surface area contributed by atoms with Gasteiger partial charge in [0.05, 0.1) is 20.5 Å². The van der Waals surface area contributed by atoms with Crippen LogP contribution in [0, 0.1) is 5.92 Å². The second-order valence-electron chi connectivity index (χ2n) is 4.70. The minimum atomic E-state index is -3.96. The third-order valence-corrected chi connectivity index (χ3v) is 4.98. The predicted molar refractivity (Wildman–Crippen MR) is 84.2 cm³/mol. The average molecular weight is 353 g/mol. The molecule has 118 valence electrons. The molecule has 1 rings (SSSR count). The van der Waals surface area contributed by atoms with Crippen LogP contribution in [0.4, 0.5) is 0 Å². The van der Waals surface area contributed by atoms with Gasteiger partial charge >= 0.3 is 0 Å². The molecule has 1 aromatic carbocycles. The molecule has 21 heavy (non-hydrogen) atoms. The highest BCUT2D eigenvalue weighted by Gasteiger charge is 2.19. The van der Waals surface area contributed by atoms with Crippen LogP contribution in [0.25, 0.3) is 0 Å². The quantitative estimate of drug-likeness (QED) is 0.824. The first-order valence-corrected chi connectivity index (χ1v) is 8.80. The Morgan fingerprint density at radius 2 is 1.86 bits per heavy atom. The molecule has 1 amide bonds. The number of hydrogen-bond acceptors (Lipinski definition) is 3. The number of primary sulfonamides is 1. The van der Waals surface area contributed by atoms with Crippen LogP contribution in [0.5, 0.6) is 0 Å². The molecule has 0 spiro atoms. The summed E-state index contributed by atoms with van der Waals surface area (Å²) < 4.78 is 22.7. The molecule has 0 saturated heterocycles. The number of amides is 1. The lowest BCUT2D eigenvalue weighted by atomic mass is 10.0. The van der Waals surface area contributed by atoms with Crippen molar-refractivity contribution < 1.29 is 13.2 Å². The first-order valence-electron chi connectivity index (χ1n) is 6.50. The second-order valence-corrected chi connectivity index (χ2v) is 7.05. The van der Waals surface area contributed by atoms with E-state index in [-0.39, 0.29) is 20.5 Å². The van der Waals surface area contributed by atoms with Gasteiger partial charge in [0.15, 0.2) is 0 Å². The third kappa shape index (κ3) is 4.85. The minimum absolute atomic E-state index is 0.000789. The standard InChI is InChI=1S/C13H18Cl2N2O3S/c1-3-8(4-2)7-17-13(18)10-5-9(21(16,19)20)6-11(14)12(10)15/h5-6,8H,3-4,7H2,1-2H3,(H,17,18)(H2,16,19,20). The van der Waals surface area contributed by atoms with Crippen molar-refractivity contribution in [1.82, 2.24) is 5.32 Å². The van der Waals surface area contributed by atoms with Crippen molar-refractivity contribution in [2.75, 3.05) is 6.54 Å². The fourth-order valence-electron chi connectivity index (χ4n) is 1.80. The molecule has 0 aliphatic rings. The average Bonchev–Trinajstić information content (AvgIpc) is 2.41. The number of halogens is 2. The molecule has 0 fully saturated rings. The number of nitrogens with two attached hydrogens (primary N) is 1. The van der Waals surface area contributed by atoms with Gasteiger partial charge in [-0.25, -0.2) is 13.6 Å². The van der Waals surface area contributed by atoms with Crippen LogP contribution in [0.15, 0.2) is 17.0 Å². The number of sulfonamides is 1. The Morgan fingerprint density at radius 3 is 2.33 bits per heavy atom.